The fourth-order valence-electron chi connectivity index (χ4n) is 1.74. The largest absolute Gasteiger partial charge is 0.294 e. The van der Waals surface area contributed by atoms with Crippen LogP contribution < -0.4 is 0 Å². The van der Waals surface area contributed by atoms with Crippen molar-refractivity contribution >= 4 is 17.1 Å². The smallest absolute Gasteiger partial charge is 0.169 e. The van der Waals surface area contributed by atoms with Crippen LogP contribution in [0.1, 0.15) is 47.4 Å². The van der Waals surface area contributed by atoms with E-state index in [-0.39, 0.29) is 23.4 Å². The third-order valence-corrected chi connectivity index (χ3v) is 3.97. The molecule has 4 heteroatoms. The molecule has 2 rings (SSSR count). The Hall–Kier alpha value is -1.55. The molecular weight excluding hydrogens is 273 g/mol. The molecule has 2 aromatic rings. The first kappa shape index (κ1) is 14.9. The summed E-state index contributed by atoms with van der Waals surface area (Å²) in [5.41, 5.74) is 1.92. The van der Waals surface area contributed by atoms with Crippen molar-refractivity contribution in [3.63, 3.8) is 0 Å². The minimum absolute atomic E-state index is 0.0201. The molecular formula is C16H18FNOS. The molecule has 0 amide bonds. The van der Waals surface area contributed by atoms with Crippen LogP contribution in [-0.4, -0.2) is 10.8 Å². The van der Waals surface area contributed by atoms with E-state index in [2.05, 4.69) is 25.8 Å². The van der Waals surface area contributed by atoms with Gasteiger partial charge in [-0.15, -0.1) is 11.3 Å². The number of halogens is 1. The number of carbonyl (C=O) groups excluding carboxylic acids is 1. The lowest BCUT2D eigenvalue weighted by Gasteiger charge is -2.14. The van der Waals surface area contributed by atoms with Gasteiger partial charge in [-0.3, -0.25) is 4.79 Å². The van der Waals surface area contributed by atoms with E-state index in [0.29, 0.717) is 11.1 Å². The fraction of sp³-hybridized carbons (Fsp3) is 0.375. The summed E-state index contributed by atoms with van der Waals surface area (Å²) < 4.78 is 13.5. The number of benzene rings is 1. The van der Waals surface area contributed by atoms with Crippen LogP contribution in [0.3, 0.4) is 0 Å². The van der Waals surface area contributed by atoms with E-state index >= 15 is 0 Å². The van der Waals surface area contributed by atoms with Crippen LogP contribution in [0.5, 0.6) is 0 Å². The predicted octanol–water partition coefficient (Wildman–Crippen LogP) is 4.31. The van der Waals surface area contributed by atoms with Crippen LogP contribution >= 0.6 is 11.3 Å². The standard InChI is InChI=1S/C16H18FNOS/c1-10-5-6-11(7-12(10)17)13(19)8-15-18-14(9-20-15)16(2,3)4/h5-7,9H,8H2,1-4H3. The van der Waals surface area contributed by atoms with Gasteiger partial charge in [0.1, 0.15) is 10.8 Å². The van der Waals surface area contributed by atoms with E-state index in [4.69, 9.17) is 0 Å². The number of aromatic nitrogens is 1. The summed E-state index contributed by atoms with van der Waals surface area (Å²) in [5, 5.41) is 2.76. The second-order valence-electron chi connectivity index (χ2n) is 5.94. The average Bonchev–Trinajstić information content (AvgIpc) is 2.81. The van der Waals surface area contributed by atoms with Crippen molar-refractivity contribution in [2.75, 3.05) is 0 Å². The zero-order valence-corrected chi connectivity index (χ0v) is 13.0. The third-order valence-electron chi connectivity index (χ3n) is 3.13. The third kappa shape index (κ3) is 3.31. The Morgan fingerprint density at radius 2 is 2.05 bits per heavy atom. The molecule has 0 saturated heterocycles. The van der Waals surface area contributed by atoms with Gasteiger partial charge >= 0.3 is 0 Å². The van der Waals surface area contributed by atoms with Gasteiger partial charge in [0, 0.05) is 16.4 Å². The lowest BCUT2D eigenvalue weighted by Crippen LogP contribution is -2.12. The quantitative estimate of drug-likeness (QED) is 0.789. The van der Waals surface area contributed by atoms with Gasteiger partial charge in [-0.05, 0) is 18.6 Å². The number of ketones is 1. The first-order valence-corrected chi connectivity index (χ1v) is 7.39. The van der Waals surface area contributed by atoms with E-state index in [0.717, 1.165) is 10.7 Å². The van der Waals surface area contributed by atoms with Gasteiger partial charge in [0.05, 0.1) is 12.1 Å². The molecule has 0 fully saturated rings. The van der Waals surface area contributed by atoms with E-state index in [9.17, 15) is 9.18 Å². The molecule has 2 nitrogen and oxygen atoms in total. The summed E-state index contributed by atoms with van der Waals surface area (Å²) in [7, 11) is 0. The van der Waals surface area contributed by atoms with E-state index in [1.54, 1.807) is 19.1 Å². The number of nitrogens with zero attached hydrogens (tertiary/aromatic N) is 1. The Bertz CT molecular complexity index is 640. The number of carbonyl (C=O) groups is 1. The molecule has 1 heterocycles. The molecule has 1 aromatic carbocycles. The van der Waals surface area contributed by atoms with Crippen molar-refractivity contribution in [2.24, 2.45) is 0 Å². The molecule has 1 aromatic heterocycles. The maximum atomic E-state index is 13.5. The average molecular weight is 291 g/mol. The molecule has 0 saturated carbocycles. The van der Waals surface area contributed by atoms with Crippen LogP contribution in [-0.2, 0) is 11.8 Å². The molecule has 0 atom stereocenters. The highest BCUT2D eigenvalue weighted by Gasteiger charge is 2.19. The topological polar surface area (TPSA) is 30.0 Å². The number of thiazole rings is 1. The second-order valence-corrected chi connectivity index (χ2v) is 6.88. The normalized spacial score (nSPS) is 11.7. The summed E-state index contributed by atoms with van der Waals surface area (Å²) in [5.74, 6) is -0.441. The van der Waals surface area contributed by atoms with Crippen LogP contribution in [0.2, 0.25) is 0 Å². The molecule has 0 unspecified atom stereocenters. The summed E-state index contributed by atoms with van der Waals surface area (Å²) in [6, 6.07) is 4.60. The molecule has 106 valence electrons. The molecule has 20 heavy (non-hydrogen) atoms. The van der Waals surface area contributed by atoms with Gasteiger partial charge < -0.3 is 0 Å². The first-order valence-electron chi connectivity index (χ1n) is 6.51. The number of Topliss-reactive ketones (excluding diaryl/α,β-unsaturated/α-hetero) is 1. The Morgan fingerprint density at radius 1 is 1.35 bits per heavy atom. The fourth-order valence-corrected chi connectivity index (χ4v) is 2.76. The summed E-state index contributed by atoms with van der Waals surface area (Å²) in [6.45, 7) is 7.94. The molecule has 0 N–H and O–H groups in total. The van der Waals surface area contributed by atoms with E-state index in [1.165, 1.54) is 17.4 Å². The van der Waals surface area contributed by atoms with Crippen LogP contribution in [0.25, 0.3) is 0 Å². The van der Waals surface area contributed by atoms with Crippen molar-refractivity contribution in [1.82, 2.24) is 4.98 Å². The van der Waals surface area contributed by atoms with Crippen LogP contribution in [0.15, 0.2) is 23.6 Å². The van der Waals surface area contributed by atoms with E-state index in [1.807, 2.05) is 5.38 Å². The van der Waals surface area contributed by atoms with Gasteiger partial charge in [-0.2, -0.15) is 0 Å². The number of aryl methyl sites for hydroxylation is 1. The maximum Gasteiger partial charge on any atom is 0.169 e. The summed E-state index contributed by atoms with van der Waals surface area (Å²) in [6.07, 6.45) is 0.225. The number of hydrogen-bond acceptors (Lipinski definition) is 3. The van der Waals surface area contributed by atoms with Crippen LogP contribution in [0, 0.1) is 12.7 Å². The SMILES string of the molecule is Cc1ccc(C(=O)Cc2nc(C(C)(C)C)cs2)cc1F. The highest BCUT2D eigenvalue weighted by Crippen LogP contribution is 2.24. The molecule has 0 spiro atoms. The van der Waals surface area contributed by atoms with Gasteiger partial charge in [-0.1, -0.05) is 32.9 Å². The Labute approximate surface area is 122 Å². The Morgan fingerprint density at radius 3 is 2.60 bits per heavy atom. The molecule has 0 aliphatic rings. The minimum atomic E-state index is -0.342. The van der Waals surface area contributed by atoms with Gasteiger partial charge in [0.2, 0.25) is 0 Å². The summed E-state index contributed by atoms with van der Waals surface area (Å²) in [4.78, 5) is 16.6. The molecule has 0 aliphatic heterocycles. The van der Waals surface area contributed by atoms with Crippen molar-refractivity contribution < 1.29 is 9.18 Å². The lowest BCUT2D eigenvalue weighted by molar-refractivity contribution is 0.0992. The molecule has 0 radical (unpaired) electrons. The van der Waals surface area contributed by atoms with E-state index < -0.39 is 0 Å². The zero-order chi connectivity index (χ0) is 14.9. The molecule has 0 bridgehead atoms. The second kappa shape index (κ2) is 5.44. The maximum absolute atomic E-state index is 13.5. The van der Waals surface area contributed by atoms with Crippen molar-refractivity contribution in [3.05, 3.63) is 51.2 Å². The Balaban J connectivity index is 2.15. The monoisotopic (exact) mass is 291 g/mol. The predicted molar refractivity (Wildman–Crippen MR) is 80.0 cm³/mol. The summed E-state index contributed by atoms with van der Waals surface area (Å²) >= 11 is 1.48. The Kier molecular flexibility index (Phi) is 4.04. The highest BCUT2D eigenvalue weighted by molar-refractivity contribution is 7.09. The minimum Gasteiger partial charge on any atom is -0.294 e. The van der Waals surface area contributed by atoms with Gasteiger partial charge in [0.15, 0.2) is 5.78 Å². The van der Waals surface area contributed by atoms with Crippen molar-refractivity contribution in [2.45, 2.75) is 39.5 Å². The molecule has 0 aliphatic carbocycles. The zero-order valence-electron chi connectivity index (χ0n) is 12.2. The van der Waals surface area contributed by atoms with Crippen molar-refractivity contribution in [3.8, 4) is 0 Å². The number of rotatable bonds is 3. The van der Waals surface area contributed by atoms with Crippen molar-refractivity contribution in [1.29, 1.82) is 0 Å². The number of hydrogen-bond donors (Lipinski definition) is 0. The lowest BCUT2D eigenvalue weighted by atomic mass is 9.93. The highest BCUT2D eigenvalue weighted by atomic mass is 32.1. The van der Waals surface area contributed by atoms with Gasteiger partial charge in [0.25, 0.3) is 0 Å². The van der Waals surface area contributed by atoms with Crippen LogP contribution in [0.4, 0.5) is 4.39 Å². The van der Waals surface area contributed by atoms with Gasteiger partial charge in [-0.25, -0.2) is 9.37 Å². The first-order chi connectivity index (χ1) is 9.27.